The Morgan fingerprint density at radius 1 is 1.11 bits per heavy atom. The van der Waals surface area contributed by atoms with Gasteiger partial charge in [0.2, 0.25) is 5.95 Å². The molecule has 1 amide bonds. The van der Waals surface area contributed by atoms with Crippen molar-refractivity contribution in [3.8, 4) is 0 Å². The number of carbonyl (C=O) groups excluding carboxylic acids is 1. The molecule has 0 radical (unpaired) electrons. The lowest BCUT2D eigenvalue weighted by Gasteiger charge is -2.25. The molecule has 0 unspecified atom stereocenters. The monoisotopic (exact) mass is 381 g/mol. The second kappa shape index (κ2) is 8.14. The van der Waals surface area contributed by atoms with Crippen LogP contribution in [0.25, 0.3) is 0 Å². The second-order valence-corrected chi connectivity index (χ2v) is 7.79. The highest BCUT2D eigenvalue weighted by molar-refractivity contribution is 5.70. The molecule has 1 aromatic heterocycles. The van der Waals surface area contributed by atoms with Crippen LogP contribution in [0.1, 0.15) is 30.4 Å². The summed E-state index contributed by atoms with van der Waals surface area (Å²) in [5, 5.41) is 3.25. The molecule has 28 heavy (non-hydrogen) atoms. The van der Waals surface area contributed by atoms with Crippen LogP contribution >= 0.6 is 0 Å². The number of aromatic nitrogens is 2. The van der Waals surface area contributed by atoms with Gasteiger partial charge < -0.3 is 15.0 Å². The number of nitrogens with one attached hydrogen (secondary N) is 1. The van der Waals surface area contributed by atoms with Crippen LogP contribution in [0.5, 0.6) is 0 Å². The predicted octanol–water partition coefficient (Wildman–Crippen LogP) is 2.90. The highest BCUT2D eigenvalue weighted by atomic mass is 16.6. The number of anilines is 1. The third kappa shape index (κ3) is 4.42. The molecule has 3 heterocycles. The van der Waals surface area contributed by atoms with Crippen molar-refractivity contribution < 1.29 is 9.53 Å². The van der Waals surface area contributed by atoms with Gasteiger partial charge >= 0.3 is 6.09 Å². The molecular weight excluding hydrogens is 354 g/mol. The van der Waals surface area contributed by atoms with Crippen molar-refractivity contribution in [3.63, 3.8) is 0 Å². The number of nitrogens with zero attached hydrogens (tertiary/aromatic N) is 4. The first-order chi connectivity index (χ1) is 13.6. The Morgan fingerprint density at radius 3 is 2.61 bits per heavy atom. The highest BCUT2D eigenvalue weighted by Crippen LogP contribution is 2.32. The molecule has 1 spiro atoms. The maximum atomic E-state index is 11.8. The number of amides is 1. The van der Waals surface area contributed by atoms with Gasteiger partial charge in [0.15, 0.2) is 0 Å². The van der Waals surface area contributed by atoms with E-state index in [0.29, 0.717) is 19.0 Å². The fourth-order valence-electron chi connectivity index (χ4n) is 4.00. The van der Waals surface area contributed by atoms with Crippen LogP contribution in [0.3, 0.4) is 0 Å². The molecule has 2 aliphatic rings. The van der Waals surface area contributed by atoms with Gasteiger partial charge in [-0.25, -0.2) is 14.8 Å². The van der Waals surface area contributed by atoms with E-state index in [1.54, 1.807) is 4.90 Å². The van der Waals surface area contributed by atoms with Gasteiger partial charge in [0.25, 0.3) is 0 Å². The van der Waals surface area contributed by atoms with Crippen LogP contribution < -0.4 is 5.32 Å². The number of ether oxygens (including phenoxy) is 1. The lowest BCUT2D eigenvalue weighted by molar-refractivity contribution is 0.0443. The number of hydrogen-bond donors (Lipinski definition) is 1. The van der Waals surface area contributed by atoms with E-state index in [1.165, 1.54) is 5.56 Å². The average molecular weight is 381 g/mol. The lowest BCUT2D eigenvalue weighted by atomic mass is 9.95. The van der Waals surface area contributed by atoms with Crippen LogP contribution in [-0.4, -0.2) is 58.1 Å². The van der Waals surface area contributed by atoms with Gasteiger partial charge in [0, 0.05) is 51.1 Å². The molecule has 4 rings (SSSR count). The SMILES string of the molecule is CN1C[C@]2(CCCN(Cc3cnc(NCc4ccccc4)nc3)CC2)OC1=O. The van der Waals surface area contributed by atoms with Crippen molar-refractivity contribution in [2.45, 2.75) is 38.0 Å². The quantitative estimate of drug-likeness (QED) is 0.859. The van der Waals surface area contributed by atoms with Gasteiger partial charge in [-0.15, -0.1) is 0 Å². The van der Waals surface area contributed by atoms with Crippen LogP contribution in [0.15, 0.2) is 42.7 Å². The van der Waals surface area contributed by atoms with Crippen molar-refractivity contribution in [3.05, 3.63) is 53.9 Å². The van der Waals surface area contributed by atoms with Crippen molar-refractivity contribution in [1.82, 2.24) is 19.8 Å². The number of hydrogen-bond acceptors (Lipinski definition) is 6. The summed E-state index contributed by atoms with van der Waals surface area (Å²) in [6.07, 6.45) is 6.42. The first-order valence-corrected chi connectivity index (χ1v) is 9.87. The summed E-state index contributed by atoms with van der Waals surface area (Å²) in [6, 6.07) is 10.2. The molecule has 2 saturated heterocycles. The van der Waals surface area contributed by atoms with Crippen LogP contribution in [-0.2, 0) is 17.8 Å². The molecule has 0 bridgehead atoms. The summed E-state index contributed by atoms with van der Waals surface area (Å²) in [6.45, 7) is 4.14. The van der Waals surface area contributed by atoms with E-state index in [4.69, 9.17) is 4.74 Å². The van der Waals surface area contributed by atoms with E-state index < -0.39 is 0 Å². The fraction of sp³-hybridized carbons (Fsp3) is 0.476. The molecule has 2 aliphatic heterocycles. The summed E-state index contributed by atoms with van der Waals surface area (Å²) in [5.74, 6) is 0.642. The number of likely N-dealkylation sites (tertiary alicyclic amines) is 1. The first-order valence-electron chi connectivity index (χ1n) is 9.87. The van der Waals surface area contributed by atoms with Crippen molar-refractivity contribution in [1.29, 1.82) is 0 Å². The predicted molar refractivity (Wildman–Crippen MR) is 107 cm³/mol. The molecule has 148 valence electrons. The largest absolute Gasteiger partial charge is 0.441 e. The normalized spacial score (nSPS) is 22.9. The minimum absolute atomic E-state index is 0.194. The molecule has 1 atom stereocenters. The topological polar surface area (TPSA) is 70.6 Å². The standard InChI is InChI=1S/C21H27N5O2/c1-25-16-21(28-20(25)27)8-5-10-26(11-9-21)15-18-13-23-19(24-14-18)22-12-17-6-3-2-4-7-17/h2-4,6-7,13-14H,5,8-12,15-16H2,1H3,(H,22,23,24)/t21-/m1/s1. The number of carbonyl (C=O) groups is 1. The van der Waals surface area contributed by atoms with E-state index in [-0.39, 0.29) is 11.7 Å². The average Bonchev–Trinajstić information content (AvgIpc) is 2.86. The Morgan fingerprint density at radius 2 is 1.89 bits per heavy atom. The molecular formula is C21H27N5O2. The van der Waals surface area contributed by atoms with Crippen LogP contribution in [0.4, 0.5) is 10.7 Å². The molecule has 0 aliphatic carbocycles. The van der Waals surface area contributed by atoms with Gasteiger partial charge in [0.05, 0.1) is 6.54 Å². The molecule has 7 nitrogen and oxygen atoms in total. The highest BCUT2D eigenvalue weighted by Gasteiger charge is 2.44. The minimum Gasteiger partial charge on any atom is -0.441 e. The summed E-state index contributed by atoms with van der Waals surface area (Å²) in [7, 11) is 1.81. The van der Waals surface area contributed by atoms with Gasteiger partial charge in [-0.2, -0.15) is 0 Å². The molecule has 1 aromatic carbocycles. The summed E-state index contributed by atoms with van der Waals surface area (Å²) in [4.78, 5) is 24.8. The van der Waals surface area contributed by atoms with Gasteiger partial charge in [-0.1, -0.05) is 30.3 Å². The van der Waals surface area contributed by atoms with Gasteiger partial charge in [-0.3, -0.25) is 4.90 Å². The Bertz CT molecular complexity index is 798. The van der Waals surface area contributed by atoms with Crippen molar-refractivity contribution in [2.24, 2.45) is 0 Å². The third-order valence-electron chi connectivity index (χ3n) is 5.54. The number of benzene rings is 1. The molecule has 2 fully saturated rings. The van der Waals surface area contributed by atoms with E-state index in [2.05, 4.69) is 32.3 Å². The van der Waals surface area contributed by atoms with E-state index >= 15 is 0 Å². The van der Waals surface area contributed by atoms with Crippen LogP contribution in [0, 0.1) is 0 Å². The fourth-order valence-corrected chi connectivity index (χ4v) is 4.00. The first kappa shape index (κ1) is 18.7. The van der Waals surface area contributed by atoms with E-state index in [0.717, 1.165) is 44.5 Å². The summed E-state index contributed by atoms with van der Waals surface area (Å²) in [5.41, 5.74) is 2.00. The minimum atomic E-state index is -0.303. The second-order valence-electron chi connectivity index (χ2n) is 7.79. The maximum Gasteiger partial charge on any atom is 0.410 e. The maximum absolute atomic E-state index is 11.8. The summed E-state index contributed by atoms with van der Waals surface area (Å²) >= 11 is 0. The molecule has 1 N–H and O–H groups in total. The third-order valence-corrected chi connectivity index (χ3v) is 5.54. The Kier molecular flexibility index (Phi) is 5.43. The Labute approximate surface area is 165 Å². The van der Waals surface area contributed by atoms with Crippen molar-refractivity contribution >= 4 is 12.0 Å². The zero-order chi connectivity index (χ0) is 19.4. The van der Waals surface area contributed by atoms with E-state index in [1.807, 2.05) is 37.6 Å². The van der Waals surface area contributed by atoms with Crippen molar-refractivity contribution in [2.75, 3.05) is 32.0 Å². The summed E-state index contributed by atoms with van der Waals surface area (Å²) < 4.78 is 5.69. The van der Waals surface area contributed by atoms with Gasteiger partial charge in [-0.05, 0) is 24.9 Å². The Hall–Kier alpha value is -2.67. The van der Waals surface area contributed by atoms with Crippen LogP contribution in [0.2, 0.25) is 0 Å². The zero-order valence-electron chi connectivity index (χ0n) is 16.3. The molecule has 0 saturated carbocycles. The number of likely N-dealkylation sites (N-methyl/N-ethyl adjacent to an activating group) is 1. The zero-order valence-corrected chi connectivity index (χ0v) is 16.3. The molecule has 7 heteroatoms. The molecule has 2 aromatic rings. The number of rotatable bonds is 5. The smallest absolute Gasteiger partial charge is 0.410 e. The van der Waals surface area contributed by atoms with E-state index in [9.17, 15) is 4.79 Å². The lowest BCUT2D eigenvalue weighted by Crippen LogP contribution is -2.35. The van der Waals surface area contributed by atoms with Gasteiger partial charge in [0.1, 0.15) is 5.60 Å². The Balaban J connectivity index is 1.29.